The molecule has 0 unspecified atom stereocenters. The van der Waals surface area contributed by atoms with Crippen LogP contribution in [0.15, 0.2) is 127 Å². The minimum absolute atomic E-state index is 0.344. The molecule has 198 valence electrons. The van der Waals surface area contributed by atoms with E-state index in [1.54, 1.807) is 30.3 Å². The van der Waals surface area contributed by atoms with E-state index in [0.29, 0.717) is 22.4 Å². The Morgan fingerprint density at radius 3 is 1.72 bits per heavy atom. The normalized spacial score (nSPS) is 10.2. The summed E-state index contributed by atoms with van der Waals surface area (Å²) in [6.07, 6.45) is 0. The molecule has 6 rings (SSSR count). The van der Waals surface area contributed by atoms with Crippen molar-refractivity contribution in [2.45, 2.75) is 0 Å². The molecule has 0 aliphatic rings. The predicted molar refractivity (Wildman–Crippen MR) is 170 cm³/mol. The minimum atomic E-state index is 0.344. The first-order valence-electron chi connectivity index (χ1n) is 13.5. The lowest BCUT2D eigenvalue weighted by molar-refractivity contribution is 1.30. The van der Waals surface area contributed by atoms with Crippen LogP contribution in [0, 0.1) is 40.6 Å². The third-order valence-electron chi connectivity index (χ3n) is 7.35. The Morgan fingerprint density at radius 2 is 1.12 bits per heavy atom. The van der Waals surface area contributed by atoms with Crippen LogP contribution in [0.4, 0.5) is 22.7 Å². The van der Waals surface area contributed by atoms with Gasteiger partial charge < -0.3 is 4.90 Å². The molecule has 0 amide bonds. The van der Waals surface area contributed by atoms with E-state index in [4.69, 9.17) is 6.57 Å². The van der Waals surface area contributed by atoms with Crippen LogP contribution in [0.5, 0.6) is 0 Å². The Hall–Kier alpha value is -6.66. The number of nitriles is 3. The number of hydrogen-bond donors (Lipinski definition) is 0. The first-order valence-corrected chi connectivity index (χ1v) is 13.5. The van der Waals surface area contributed by atoms with Gasteiger partial charge in [0.05, 0.1) is 47.2 Å². The van der Waals surface area contributed by atoms with Gasteiger partial charge in [-0.2, -0.15) is 15.8 Å². The molecule has 43 heavy (non-hydrogen) atoms. The molecule has 5 heteroatoms. The van der Waals surface area contributed by atoms with Crippen LogP contribution in [0.3, 0.4) is 0 Å². The van der Waals surface area contributed by atoms with E-state index < -0.39 is 0 Å². The van der Waals surface area contributed by atoms with Crippen molar-refractivity contribution in [3.05, 3.63) is 156 Å². The molecule has 0 heterocycles. The van der Waals surface area contributed by atoms with Crippen LogP contribution < -0.4 is 4.90 Å². The molecule has 6 aromatic carbocycles. The second kappa shape index (κ2) is 11.4. The highest BCUT2D eigenvalue weighted by Crippen LogP contribution is 2.40. The summed E-state index contributed by atoms with van der Waals surface area (Å²) in [7, 11) is 0. The van der Waals surface area contributed by atoms with Crippen LogP contribution >= 0.6 is 0 Å². The van der Waals surface area contributed by atoms with Gasteiger partial charge in [-0.3, -0.25) is 0 Å². The van der Waals surface area contributed by atoms with Crippen LogP contribution in [0.1, 0.15) is 16.7 Å². The highest BCUT2D eigenvalue weighted by molar-refractivity contribution is 5.99. The Morgan fingerprint density at radius 1 is 0.535 bits per heavy atom. The number of benzene rings is 6. The van der Waals surface area contributed by atoms with Crippen LogP contribution in [-0.4, -0.2) is 0 Å². The van der Waals surface area contributed by atoms with Crippen molar-refractivity contribution in [2.24, 2.45) is 0 Å². The molecule has 0 bridgehead atoms. The molecule has 0 saturated carbocycles. The summed E-state index contributed by atoms with van der Waals surface area (Å²) in [5, 5.41) is 30.6. The second-order valence-corrected chi connectivity index (χ2v) is 9.91. The monoisotopic (exact) mass is 547 g/mol. The highest BCUT2D eigenvalue weighted by atomic mass is 15.1. The van der Waals surface area contributed by atoms with Crippen molar-refractivity contribution in [3.63, 3.8) is 0 Å². The van der Waals surface area contributed by atoms with E-state index in [0.717, 1.165) is 50.1 Å². The van der Waals surface area contributed by atoms with Gasteiger partial charge in [0.25, 0.3) is 0 Å². The average molecular weight is 548 g/mol. The first kappa shape index (κ1) is 26.6. The zero-order valence-corrected chi connectivity index (χ0v) is 22.9. The number of nitrogens with zero attached hydrogens (tertiary/aromatic N) is 5. The summed E-state index contributed by atoms with van der Waals surface area (Å²) in [4.78, 5) is 5.64. The number of hydrogen-bond acceptors (Lipinski definition) is 4. The minimum Gasteiger partial charge on any atom is -0.310 e. The standard InChI is InChI=1S/C38H21N5/c1-42-37-18-13-31(22-33(37)25-41)28-9-14-34(15-10-28)43(38-8-4-6-30-5-2-3-7-36(30)38)35-16-11-29(12-17-35)32-20-26(23-39)19-27(21-32)24-40/h2-22H. The Labute approximate surface area is 249 Å². The maximum atomic E-state index is 9.49. The highest BCUT2D eigenvalue weighted by Gasteiger charge is 2.16. The third-order valence-corrected chi connectivity index (χ3v) is 7.35. The van der Waals surface area contributed by atoms with Gasteiger partial charge in [-0.15, -0.1) is 0 Å². The molecular formula is C38H21N5. The van der Waals surface area contributed by atoms with E-state index in [9.17, 15) is 15.8 Å². The molecule has 0 radical (unpaired) electrons. The van der Waals surface area contributed by atoms with Gasteiger partial charge in [-0.25, -0.2) is 4.85 Å². The van der Waals surface area contributed by atoms with Crippen molar-refractivity contribution in [1.82, 2.24) is 0 Å². The summed E-state index contributed by atoms with van der Waals surface area (Å²) in [5.74, 6) is 0. The first-order chi connectivity index (χ1) is 21.1. The Bertz CT molecular complexity index is 2130. The summed E-state index contributed by atoms with van der Waals surface area (Å²) < 4.78 is 0. The Kier molecular flexibility index (Phi) is 7.07. The summed E-state index contributed by atoms with van der Waals surface area (Å²) >= 11 is 0. The van der Waals surface area contributed by atoms with Gasteiger partial charge in [0.1, 0.15) is 0 Å². The SMILES string of the molecule is [C-]#[N+]c1ccc(-c2ccc(N(c3ccc(-c4cc(C#N)cc(C#N)c4)cc3)c3cccc4ccccc34)cc2)cc1C#N. The zero-order chi connectivity index (χ0) is 29.8. The third kappa shape index (κ3) is 5.15. The summed E-state index contributed by atoms with van der Waals surface area (Å²) in [5.41, 5.74) is 8.03. The fourth-order valence-electron chi connectivity index (χ4n) is 5.26. The van der Waals surface area contributed by atoms with E-state index in [1.165, 1.54) is 0 Å². The summed E-state index contributed by atoms with van der Waals surface area (Å²) in [6, 6.07) is 47.6. The fourth-order valence-corrected chi connectivity index (χ4v) is 5.26. The lowest BCUT2D eigenvalue weighted by atomic mass is 9.99. The smallest absolute Gasteiger partial charge is 0.204 e. The van der Waals surface area contributed by atoms with Crippen LogP contribution in [0.25, 0.3) is 37.9 Å². The molecule has 0 spiro atoms. The van der Waals surface area contributed by atoms with Crippen molar-refractivity contribution in [3.8, 4) is 40.5 Å². The van der Waals surface area contributed by atoms with E-state index in [2.05, 4.69) is 64.4 Å². The second-order valence-electron chi connectivity index (χ2n) is 9.91. The van der Waals surface area contributed by atoms with Gasteiger partial charge >= 0.3 is 0 Å². The maximum Gasteiger partial charge on any atom is 0.204 e. The number of fused-ring (bicyclic) bond motifs is 1. The summed E-state index contributed by atoms with van der Waals surface area (Å²) in [6.45, 7) is 7.30. The van der Waals surface area contributed by atoms with E-state index in [-0.39, 0.29) is 0 Å². The lowest BCUT2D eigenvalue weighted by Crippen LogP contribution is -2.10. The molecule has 0 aromatic heterocycles. The topological polar surface area (TPSA) is 79.0 Å². The average Bonchev–Trinajstić information content (AvgIpc) is 3.08. The van der Waals surface area contributed by atoms with Gasteiger partial charge in [-0.05, 0) is 82.2 Å². The molecular weight excluding hydrogens is 526 g/mol. The molecule has 0 aliphatic heterocycles. The van der Waals surface area contributed by atoms with Crippen LogP contribution in [-0.2, 0) is 0 Å². The molecule has 6 aromatic rings. The van der Waals surface area contributed by atoms with Crippen molar-refractivity contribution in [1.29, 1.82) is 15.8 Å². The quantitative estimate of drug-likeness (QED) is 0.201. The molecule has 0 aliphatic carbocycles. The largest absolute Gasteiger partial charge is 0.310 e. The van der Waals surface area contributed by atoms with E-state index >= 15 is 0 Å². The predicted octanol–water partition coefficient (Wildman–Crippen LogP) is 9.81. The number of anilines is 3. The molecule has 0 fully saturated rings. The molecule has 0 saturated heterocycles. The number of rotatable bonds is 5. The van der Waals surface area contributed by atoms with Crippen molar-refractivity contribution >= 4 is 33.5 Å². The van der Waals surface area contributed by atoms with Gasteiger partial charge in [-0.1, -0.05) is 72.8 Å². The van der Waals surface area contributed by atoms with Crippen molar-refractivity contribution < 1.29 is 0 Å². The van der Waals surface area contributed by atoms with Gasteiger partial charge in [0.15, 0.2) is 0 Å². The lowest BCUT2D eigenvalue weighted by Gasteiger charge is -2.27. The van der Waals surface area contributed by atoms with Gasteiger partial charge in [0, 0.05) is 16.8 Å². The zero-order valence-electron chi connectivity index (χ0n) is 22.9. The fraction of sp³-hybridized carbons (Fsp3) is 0. The molecule has 5 nitrogen and oxygen atoms in total. The molecule has 0 N–H and O–H groups in total. The molecule has 0 atom stereocenters. The van der Waals surface area contributed by atoms with Crippen molar-refractivity contribution in [2.75, 3.05) is 4.90 Å². The van der Waals surface area contributed by atoms with E-state index in [1.807, 2.05) is 60.7 Å². The van der Waals surface area contributed by atoms with Gasteiger partial charge in [0.2, 0.25) is 5.69 Å². The Balaban J connectivity index is 1.45. The maximum absolute atomic E-state index is 9.49. The van der Waals surface area contributed by atoms with Crippen LogP contribution in [0.2, 0.25) is 0 Å².